The Hall–Kier alpha value is -1.48. The first-order valence-electron chi connectivity index (χ1n) is 7.03. The third kappa shape index (κ3) is 2.55. The third-order valence-corrected chi connectivity index (χ3v) is 4.92. The number of rotatable bonds is 2. The smallest absolute Gasteiger partial charge is 0.0543 e. The number of nitrogens with two attached hydrogens (primary N) is 1. The van der Waals surface area contributed by atoms with Gasteiger partial charge < -0.3 is 10.6 Å². The van der Waals surface area contributed by atoms with Crippen molar-refractivity contribution < 1.29 is 0 Å². The summed E-state index contributed by atoms with van der Waals surface area (Å²) in [6.07, 6.45) is 2.44. The average molecular weight is 331 g/mol. The highest BCUT2D eigenvalue weighted by atomic mass is 79.9. The van der Waals surface area contributed by atoms with Crippen LogP contribution in [0.15, 0.2) is 46.9 Å². The van der Waals surface area contributed by atoms with Gasteiger partial charge in [0.2, 0.25) is 0 Å². The first-order chi connectivity index (χ1) is 9.65. The number of nitrogens with zero attached hydrogens (tertiary/aromatic N) is 1. The highest BCUT2D eigenvalue weighted by Crippen LogP contribution is 2.37. The van der Waals surface area contributed by atoms with Crippen LogP contribution in [0.5, 0.6) is 0 Å². The lowest BCUT2D eigenvalue weighted by molar-refractivity contribution is 0.719. The predicted octanol–water partition coefficient (Wildman–Crippen LogP) is 4.68. The summed E-state index contributed by atoms with van der Waals surface area (Å²) in [5.41, 5.74) is 10.5. The molecule has 0 bridgehead atoms. The van der Waals surface area contributed by atoms with Crippen LogP contribution in [0.3, 0.4) is 0 Å². The molecule has 1 aliphatic rings. The molecule has 2 aromatic rings. The normalized spacial score (nSPS) is 18.5. The molecular weight excluding hydrogens is 312 g/mol. The lowest BCUT2D eigenvalue weighted by Crippen LogP contribution is -2.22. The summed E-state index contributed by atoms with van der Waals surface area (Å²) in [6, 6.07) is 15.4. The number of hydrogen-bond donors (Lipinski definition) is 1. The second-order valence-electron chi connectivity index (χ2n) is 5.45. The minimum atomic E-state index is 0.463. The van der Waals surface area contributed by atoms with E-state index in [0.717, 1.165) is 12.2 Å². The number of anilines is 2. The van der Waals surface area contributed by atoms with Gasteiger partial charge in [-0.1, -0.05) is 34.1 Å². The molecule has 0 saturated carbocycles. The Morgan fingerprint density at radius 2 is 1.90 bits per heavy atom. The summed E-state index contributed by atoms with van der Waals surface area (Å²) in [7, 11) is 0. The molecule has 1 aliphatic heterocycles. The molecule has 1 unspecified atom stereocenters. The van der Waals surface area contributed by atoms with Crippen LogP contribution in [0.4, 0.5) is 11.4 Å². The van der Waals surface area contributed by atoms with Gasteiger partial charge in [0.25, 0.3) is 0 Å². The SMILES string of the molecule is Cc1ccc(N2CCCC2c2ccc(N)cc2)cc1Br. The Labute approximate surface area is 128 Å². The van der Waals surface area contributed by atoms with Crippen LogP contribution in [-0.2, 0) is 0 Å². The predicted molar refractivity (Wildman–Crippen MR) is 89.1 cm³/mol. The van der Waals surface area contributed by atoms with Crippen LogP contribution in [-0.4, -0.2) is 6.54 Å². The molecule has 0 spiro atoms. The van der Waals surface area contributed by atoms with Crippen molar-refractivity contribution in [3.63, 3.8) is 0 Å². The van der Waals surface area contributed by atoms with E-state index < -0.39 is 0 Å². The molecule has 3 rings (SSSR count). The Bertz CT molecular complexity index is 607. The van der Waals surface area contributed by atoms with Crippen molar-refractivity contribution in [3.05, 3.63) is 58.1 Å². The first-order valence-corrected chi connectivity index (χ1v) is 7.83. The monoisotopic (exact) mass is 330 g/mol. The molecule has 0 aromatic heterocycles. The molecule has 1 saturated heterocycles. The lowest BCUT2D eigenvalue weighted by Gasteiger charge is -2.27. The van der Waals surface area contributed by atoms with Gasteiger partial charge in [-0.2, -0.15) is 0 Å². The second kappa shape index (κ2) is 5.49. The van der Waals surface area contributed by atoms with E-state index in [1.807, 2.05) is 12.1 Å². The fourth-order valence-corrected chi connectivity index (χ4v) is 3.27. The average Bonchev–Trinajstić information content (AvgIpc) is 2.92. The standard InChI is InChI=1S/C17H19BrN2/c1-12-4-9-15(11-16(12)18)20-10-2-3-17(20)13-5-7-14(19)8-6-13/h4-9,11,17H,2-3,10,19H2,1H3. The van der Waals surface area contributed by atoms with Gasteiger partial charge in [0.1, 0.15) is 0 Å². The Morgan fingerprint density at radius 1 is 1.15 bits per heavy atom. The zero-order valence-electron chi connectivity index (χ0n) is 11.6. The Kier molecular flexibility index (Phi) is 3.70. The van der Waals surface area contributed by atoms with E-state index >= 15 is 0 Å². The second-order valence-corrected chi connectivity index (χ2v) is 6.31. The van der Waals surface area contributed by atoms with E-state index in [1.54, 1.807) is 0 Å². The maximum absolute atomic E-state index is 5.79. The van der Waals surface area contributed by atoms with Gasteiger partial charge in [-0.25, -0.2) is 0 Å². The Balaban J connectivity index is 1.92. The number of halogens is 1. The summed E-state index contributed by atoms with van der Waals surface area (Å²) in [5, 5.41) is 0. The maximum Gasteiger partial charge on any atom is 0.0543 e. The van der Waals surface area contributed by atoms with Gasteiger partial charge in [0.15, 0.2) is 0 Å². The van der Waals surface area contributed by atoms with Gasteiger partial charge in [0.05, 0.1) is 6.04 Å². The summed E-state index contributed by atoms with van der Waals surface area (Å²) in [4.78, 5) is 2.50. The van der Waals surface area contributed by atoms with Crippen LogP contribution < -0.4 is 10.6 Å². The zero-order valence-corrected chi connectivity index (χ0v) is 13.2. The van der Waals surface area contributed by atoms with E-state index in [1.165, 1.54) is 34.1 Å². The zero-order chi connectivity index (χ0) is 14.1. The van der Waals surface area contributed by atoms with Gasteiger partial charge in [-0.15, -0.1) is 0 Å². The summed E-state index contributed by atoms with van der Waals surface area (Å²) in [6.45, 7) is 3.24. The minimum Gasteiger partial charge on any atom is -0.399 e. The maximum atomic E-state index is 5.79. The molecule has 2 nitrogen and oxygen atoms in total. The number of benzene rings is 2. The van der Waals surface area contributed by atoms with E-state index in [0.29, 0.717) is 6.04 Å². The molecule has 2 N–H and O–H groups in total. The molecule has 1 fully saturated rings. The molecule has 3 heteroatoms. The Morgan fingerprint density at radius 3 is 2.60 bits per heavy atom. The largest absolute Gasteiger partial charge is 0.399 e. The highest BCUT2D eigenvalue weighted by Gasteiger charge is 2.26. The van der Waals surface area contributed by atoms with Crippen molar-refractivity contribution >= 4 is 27.3 Å². The summed E-state index contributed by atoms with van der Waals surface area (Å²) >= 11 is 3.64. The molecule has 20 heavy (non-hydrogen) atoms. The quantitative estimate of drug-likeness (QED) is 0.810. The van der Waals surface area contributed by atoms with Crippen LogP contribution in [0, 0.1) is 6.92 Å². The minimum absolute atomic E-state index is 0.463. The summed E-state index contributed by atoms with van der Waals surface area (Å²) < 4.78 is 1.18. The molecule has 1 heterocycles. The topological polar surface area (TPSA) is 29.3 Å². The molecule has 0 aliphatic carbocycles. The van der Waals surface area contributed by atoms with Gasteiger partial charge >= 0.3 is 0 Å². The fourth-order valence-electron chi connectivity index (χ4n) is 2.90. The van der Waals surface area contributed by atoms with Gasteiger partial charge in [-0.3, -0.25) is 0 Å². The van der Waals surface area contributed by atoms with E-state index in [-0.39, 0.29) is 0 Å². The van der Waals surface area contributed by atoms with E-state index in [2.05, 4.69) is 58.1 Å². The van der Waals surface area contributed by atoms with Crippen molar-refractivity contribution in [2.75, 3.05) is 17.2 Å². The van der Waals surface area contributed by atoms with E-state index in [9.17, 15) is 0 Å². The molecule has 0 radical (unpaired) electrons. The fraction of sp³-hybridized carbons (Fsp3) is 0.294. The van der Waals surface area contributed by atoms with Gasteiger partial charge in [-0.05, 0) is 55.2 Å². The van der Waals surface area contributed by atoms with E-state index in [4.69, 9.17) is 5.73 Å². The van der Waals surface area contributed by atoms with Crippen LogP contribution >= 0.6 is 15.9 Å². The van der Waals surface area contributed by atoms with Crippen molar-refractivity contribution in [2.24, 2.45) is 0 Å². The first kappa shape index (κ1) is 13.5. The molecule has 1 atom stereocenters. The number of aryl methyl sites for hydroxylation is 1. The van der Waals surface area contributed by atoms with Crippen molar-refractivity contribution in [2.45, 2.75) is 25.8 Å². The summed E-state index contributed by atoms with van der Waals surface area (Å²) in [5.74, 6) is 0. The van der Waals surface area contributed by atoms with Crippen LogP contribution in [0.25, 0.3) is 0 Å². The molecule has 0 amide bonds. The van der Waals surface area contributed by atoms with Gasteiger partial charge in [0, 0.05) is 22.4 Å². The van der Waals surface area contributed by atoms with Crippen molar-refractivity contribution in [1.82, 2.24) is 0 Å². The number of nitrogen functional groups attached to an aromatic ring is 1. The van der Waals surface area contributed by atoms with Crippen LogP contribution in [0.2, 0.25) is 0 Å². The molecule has 2 aromatic carbocycles. The number of hydrogen-bond acceptors (Lipinski definition) is 2. The van der Waals surface area contributed by atoms with Crippen molar-refractivity contribution in [3.8, 4) is 0 Å². The lowest BCUT2D eigenvalue weighted by atomic mass is 10.0. The molecule has 104 valence electrons. The van der Waals surface area contributed by atoms with Crippen LogP contribution in [0.1, 0.15) is 30.0 Å². The van der Waals surface area contributed by atoms with Crippen molar-refractivity contribution in [1.29, 1.82) is 0 Å². The molecular formula is C17H19BrN2. The highest BCUT2D eigenvalue weighted by molar-refractivity contribution is 9.10. The third-order valence-electron chi connectivity index (χ3n) is 4.06.